The standard InChI is InChI=1S/C26H29N3O4S2/c1-4-5-16-33-24-9-7-6-8-22(24)25(30)28-26(34)27-20-11-13-21(14-12-20)35(31,32)29-23-15-10-18(2)17-19(23)3/h6-15,17,29H,4-5,16H2,1-3H3,(H2,27,28,30,34). The Morgan fingerprint density at radius 2 is 1.71 bits per heavy atom. The molecule has 3 rings (SSSR count). The van der Waals surface area contributed by atoms with E-state index in [0.717, 1.165) is 24.0 Å². The van der Waals surface area contributed by atoms with Crippen molar-refractivity contribution in [2.45, 2.75) is 38.5 Å². The molecule has 0 bridgehead atoms. The van der Waals surface area contributed by atoms with Crippen molar-refractivity contribution in [2.75, 3.05) is 16.6 Å². The van der Waals surface area contributed by atoms with Crippen LogP contribution in [0.2, 0.25) is 0 Å². The van der Waals surface area contributed by atoms with E-state index in [9.17, 15) is 13.2 Å². The number of unbranched alkanes of at least 4 members (excludes halogenated alkanes) is 1. The number of ether oxygens (including phenoxy) is 1. The highest BCUT2D eigenvalue weighted by Gasteiger charge is 2.16. The molecule has 0 saturated carbocycles. The maximum absolute atomic E-state index is 12.8. The van der Waals surface area contributed by atoms with E-state index in [4.69, 9.17) is 17.0 Å². The molecule has 0 spiro atoms. The van der Waals surface area contributed by atoms with Gasteiger partial charge in [0.05, 0.1) is 22.8 Å². The smallest absolute Gasteiger partial charge is 0.261 e. The lowest BCUT2D eigenvalue weighted by molar-refractivity contribution is 0.0973. The molecule has 0 aliphatic rings. The summed E-state index contributed by atoms with van der Waals surface area (Å²) in [5.41, 5.74) is 3.34. The van der Waals surface area contributed by atoms with Crippen molar-refractivity contribution in [1.29, 1.82) is 0 Å². The summed E-state index contributed by atoms with van der Waals surface area (Å²) < 4.78 is 33.9. The van der Waals surface area contributed by atoms with Gasteiger partial charge in [-0.3, -0.25) is 14.8 Å². The molecule has 3 aromatic rings. The Morgan fingerprint density at radius 1 is 1.00 bits per heavy atom. The van der Waals surface area contributed by atoms with Crippen LogP contribution in [0.15, 0.2) is 71.6 Å². The molecule has 0 radical (unpaired) electrons. The summed E-state index contributed by atoms with van der Waals surface area (Å²) in [6.07, 6.45) is 1.88. The van der Waals surface area contributed by atoms with Gasteiger partial charge in [0.2, 0.25) is 0 Å². The van der Waals surface area contributed by atoms with E-state index in [0.29, 0.717) is 29.3 Å². The Kier molecular flexibility index (Phi) is 8.84. The van der Waals surface area contributed by atoms with Gasteiger partial charge in [-0.1, -0.05) is 43.2 Å². The zero-order chi connectivity index (χ0) is 25.4. The number of amides is 1. The zero-order valence-corrected chi connectivity index (χ0v) is 21.6. The monoisotopic (exact) mass is 511 g/mol. The zero-order valence-electron chi connectivity index (χ0n) is 19.9. The highest BCUT2D eigenvalue weighted by molar-refractivity contribution is 7.92. The van der Waals surface area contributed by atoms with Crippen LogP contribution >= 0.6 is 12.2 Å². The Bertz CT molecular complexity index is 1310. The van der Waals surface area contributed by atoms with Gasteiger partial charge < -0.3 is 10.1 Å². The van der Waals surface area contributed by atoms with Gasteiger partial charge in [-0.2, -0.15) is 0 Å². The fourth-order valence-electron chi connectivity index (χ4n) is 3.29. The lowest BCUT2D eigenvalue weighted by Crippen LogP contribution is -2.34. The molecule has 0 atom stereocenters. The molecule has 35 heavy (non-hydrogen) atoms. The number of thiocarbonyl (C=S) groups is 1. The molecule has 7 nitrogen and oxygen atoms in total. The molecule has 9 heteroatoms. The predicted molar refractivity (Wildman–Crippen MR) is 144 cm³/mol. The molecule has 0 aliphatic heterocycles. The van der Waals surface area contributed by atoms with Crippen molar-refractivity contribution >= 4 is 44.6 Å². The minimum absolute atomic E-state index is 0.0855. The molecule has 0 heterocycles. The number of carbonyl (C=O) groups is 1. The molecule has 0 aromatic heterocycles. The average molecular weight is 512 g/mol. The lowest BCUT2D eigenvalue weighted by atomic mass is 10.1. The number of para-hydroxylation sites is 1. The van der Waals surface area contributed by atoms with Crippen LogP contribution in [0.25, 0.3) is 0 Å². The van der Waals surface area contributed by atoms with E-state index >= 15 is 0 Å². The van der Waals surface area contributed by atoms with Crippen LogP contribution in [0.4, 0.5) is 11.4 Å². The molecule has 0 fully saturated rings. The van der Waals surface area contributed by atoms with Crippen LogP contribution < -0.4 is 20.1 Å². The first-order valence-corrected chi connectivity index (χ1v) is 13.1. The van der Waals surface area contributed by atoms with E-state index in [1.807, 2.05) is 26.0 Å². The molecule has 0 unspecified atom stereocenters. The fraction of sp³-hybridized carbons (Fsp3) is 0.231. The summed E-state index contributed by atoms with van der Waals surface area (Å²) in [4.78, 5) is 12.8. The van der Waals surface area contributed by atoms with Gasteiger partial charge in [-0.15, -0.1) is 0 Å². The molecular formula is C26H29N3O4S2. The normalized spacial score (nSPS) is 10.9. The highest BCUT2D eigenvalue weighted by atomic mass is 32.2. The Labute approximate surface area is 212 Å². The van der Waals surface area contributed by atoms with Crippen LogP contribution in [0.1, 0.15) is 41.3 Å². The summed E-state index contributed by atoms with van der Waals surface area (Å²) in [5, 5.41) is 5.62. The van der Waals surface area contributed by atoms with Crippen LogP contribution in [0.5, 0.6) is 5.75 Å². The predicted octanol–water partition coefficient (Wildman–Crippen LogP) is 5.41. The Balaban J connectivity index is 1.62. The van der Waals surface area contributed by atoms with Crippen LogP contribution in [-0.2, 0) is 10.0 Å². The van der Waals surface area contributed by atoms with E-state index in [-0.39, 0.29) is 10.0 Å². The van der Waals surface area contributed by atoms with Crippen molar-refractivity contribution in [1.82, 2.24) is 5.32 Å². The van der Waals surface area contributed by atoms with Crippen LogP contribution in [-0.4, -0.2) is 26.0 Å². The maximum atomic E-state index is 12.8. The van der Waals surface area contributed by atoms with Crippen molar-refractivity contribution in [3.8, 4) is 5.75 Å². The minimum Gasteiger partial charge on any atom is -0.493 e. The van der Waals surface area contributed by atoms with Crippen LogP contribution in [0.3, 0.4) is 0 Å². The molecule has 3 aromatic carbocycles. The highest BCUT2D eigenvalue weighted by Crippen LogP contribution is 2.22. The third-order valence-corrected chi connectivity index (χ3v) is 6.75. The molecule has 3 N–H and O–H groups in total. The van der Waals surface area contributed by atoms with Crippen molar-refractivity contribution in [3.05, 3.63) is 83.4 Å². The number of hydrogen-bond donors (Lipinski definition) is 3. The summed E-state index contributed by atoms with van der Waals surface area (Å²) in [5.74, 6) is 0.0959. The van der Waals surface area contributed by atoms with Crippen molar-refractivity contribution in [3.63, 3.8) is 0 Å². The first-order valence-electron chi connectivity index (χ1n) is 11.2. The quantitative estimate of drug-likeness (QED) is 0.263. The van der Waals surface area contributed by atoms with Gasteiger partial charge in [-0.25, -0.2) is 8.42 Å². The second-order valence-corrected chi connectivity index (χ2v) is 10.1. The second kappa shape index (κ2) is 11.8. The van der Waals surface area contributed by atoms with E-state index in [2.05, 4.69) is 22.3 Å². The number of anilines is 2. The number of rotatable bonds is 9. The van der Waals surface area contributed by atoms with Crippen molar-refractivity contribution < 1.29 is 17.9 Å². The molecule has 0 saturated heterocycles. The Morgan fingerprint density at radius 3 is 2.40 bits per heavy atom. The number of sulfonamides is 1. The third-order valence-electron chi connectivity index (χ3n) is 5.16. The van der Waals surface area contributed by atoms with Crippen LogP contribution in [0, 0.1) is 13.8 Å². The summed E-state index contributed by atoms with van der Waals surface area (Å²) in [6, 6.07) is 18.6. The molecular weight excluding hydrogens is 482 g/mol. The Hall–Kier alpha value is -3.43. The van der Waals surface area contributed by atoms with Gasteiger partial charge in [-0.05, 0) is 80.5 Å². The van der Waals surface area contributed by atoms with Gasteiger partial charge in [0.15, 0.2) is 5.11 Å². The number of hydrogen-bond acceptors (Lipinski definition) is 5. The fourth-order valence-corrected chi connectivity index (χ4v) is 4.63. The summed E-state index contributed by atoms with van der Waals surface area (Å²) >= 11 is 5.27. The number of nitrogens with one attached hydrogen (secondary N) is 3. The average Bonchev–Trinajstić information content (AvgIpc) is 2.81. The first-order chi connectivity index (χ1) is 16.7. The van der Waals surface area contributed by atoms with E-state index < -0.39 is 15.9 Å². The van der Waals surface area contributed by atoms with Gasteiger partial charge in [0.25, 0.3) is 15.9 Å². The number of benzene rings is 3. The second-order valence-electron chi connectivity index (χ2n) is 8.05. The number of aryl methyl sites for hydroxylation is 2. The lowest BCUT2D eigenvalue weighted by Gasteiger charge is -2.14. The van der Waals surface area contributed by atoms with Gasteiger partial charge >= 0.3 is 0 Å². The minimum atomic E-state index is -3.76. The largest absolute Gasteiger partial charge is 0.493 e. The molecule has 1 amide bonds. The van der Waals surface area contributed by atoms with Gasteiger partial charge in [0, 0.05) is 5.69 Å². The molecule has 184 valence electrons. The first kappa shape index (κ1) is 26.2. The summed E-state index contributed by atoms with van der Waals surface area (Å²) in [6.45, 7) is 6.39. The SMILES string of the molecule is CCCCOc1ccccc1C(=O)NC(=S)Nc1ccc(S(=O)(=O)Nc2ccc(C)cc2C)cc1. The summed E-state index contributed by atoms with van der Waals surface area (Å²) in [7, 11) is -3.76. The molecule has 0 aliphatic carbocycles. The maximum Gasteiger partial charge on any atom is 0.261 e. The van der Waals surface area contributed by atoms with Gasteiger partial charge in [0.1, 0.15) is 5.75 Å². The van der Waals surface area contributed by atoms with E-state index in [1.54, 1.807) is 42.5 Å². The number of carbonyl (C=O) groups excluding carboxylic acids is 1. The van der Waals surface area contributed by atoms with E-state index in [1.165, 1.54) is 12.1 Å². The third kappa shape index (κ3) is 7.27. The topological polar surface area (TPSA) is 96.5 Å². The van der Waals surface area contributed by atoms with Crippen molar-refractivity contribution in [2.24, 2.45) is 0 Å².